The molecular formula is C18H21NO3S. The van der Waals surface area contributed by atoms with Crippen molar-refractivity contribution in [1.82, 2.24) is 0 Å². The number of anilines is 1. The Labute approximate surface area is 141 Å². The van der Waals surface area contributed by atoms with E-state index < -0.39 is 5.37 Å². The molecule has 0 bridgehead atoms. The van der Waals surface area contributed by atoms with Crippen LogP contribution in [0.5, 0.6) is 5.75 Å². The van der Waals surface area contributed by atoms with Gasteiger partial charge in [-0.15, -0.1) is 11.8 Å². The van der Waals surface area contributed by atoms with E-state index in [1.807, 2.05) is 61.5 Å². The van der Waals surface area contributed by atoms with Crippen LogP contribution in [0, 0.1) is 0 Å². The second kappa shape index (κ2) is 9.10. The summed E-state index contributed by atoms with van der Waals surface area (Å²) in [7, 11) is 1.64. The van der Waals surface area contributed by atoms with Gasteiger partial charge in [-0.2, -0.15) is 0 Å². The van der Waals surface area contributed by atoms with E-state index in [1.165, 1.54) is 11.8 Å². The molecule has 2 aromatic rings. The van der Waals surface area contributed by atoms with Gasteiger partial charge >= 0.3 is 5.97 Å². The molecule has 0 aliphatic heterocycles. The number of ether oxygens (including phenoxy) is 2. The number of hydrogen-bond donors (Lipinski definition) is 1. The first-order valence-corrected chi connectivity index (χ1v) is 8.50. The van der Waals surface area contributed by atoms with Crippen LogP contribution in [0.25, 0.3) is 0 Å². The molecule has 0 aliphatic rings. The van der Waals surface area contributed by atoms with Gasteiger partial charge in [-0.3, -0.25) is 0 Å². The van der Waals surface area contributed by atoms with Crippen molar-refractivity contribution in [2.24, 2.45) is 0 Å². The molecule has 0 amide bonds. The van der Waals surface area contributed by atoms with E-state index in [4.69, 9.17) is 9.47 Å². The zero-order valence-electron chi connectivity index (χ0n) is 13.3. The molecule has 122 valence electrons. The summed E-state index contributed by atoms with van der Waals surface area (Å²) in [5.74, 6) is 1.27. The van der Waals surface area contributed by atoms with Crippen LogP contribution >= 0.6 is 11.8 Å². The minimum absolute atomic E-state index is 0.255. The van der Waals surface area contributed by atoms with Crippen LogP contribution in [-0.2, 0) is 15.3 Å². The van der Waals surface area contributed by atoms with Gasteiger partial charge in [-0.05, 0) is 36.8 Å². The van der Waals surface area contributed by atoms with Crippen molar-refractivity contribution in [3.63, 3.8) is 0 Å². The van der Waals surface area contributed by atoms with Crippen molar-refractivity contribution in [3.05, 3.63) is 60.2 Å². The Morgan fingerprint density at radius 3 is 2.43 bits per heavy atom. The fourth-order valence-electron chi connectivity index (χ4n) is 1.97. The molecule has 1 atom stereocenters. The topological polar surface area (TPSA) is 47.6 Å². The number of benzene rings is 2. The lowest BCUT2D eigenvalue weighted by molar-refractivity contribution is -0.141. The van der Waals surface area contributed by atoms with E-state index in [0.29, 0.717) is 12.4 Å². The van der Waals surface area contributed by atoms with Crippen LogP contribution in [0.1, 0.15) is 12.5 Å². The predicted molar refractivity (Wildman–Crippen MR) is 94.8 cm³/mol. The number of carbonyl (C=O) groups excluding carboxylic acids is 1. The average Bonchev–Trinajstić information content (AvgIpc) is 2.60. The number of esters is 1. The Balaban J connectivity index is 2.00. The Morgan fingerprint density at radius 1 is 1.13 bits per heavy atom. The molecule has 0 aliphatic carbocycles. The molecule has 5 heteroatoms. The summed E-state index contributed by atoms with van der Waals surface area (Å²) in [6.07, 6.45) is 0. The highest BCUT2D eigenvalue weighted by molar-refractivity contribution is 7.99. The van der Waals surface area contributed by atoms with E-state index >= 15 is 0 Å². The number of carbonyl (C=O) groups is 1. The average molecular weight is 331 g/mol. The lowest BCUT2D eigenvalue weighted by Gasteiger charge is -2.18. The fraction of sp³-hybridized carbons (Fsp3) is 0.278. The van der Waals surface area contributed by atoms with Gasteiger partial charge < -0.3 is 14.8 Å². The molecule has 0 heterocycles. The maximum absolute atomic E-state index is 12.1. The summed E-state index contributed by atoms with van der Waals surface area (Å²) in [5, 5.41) is 2.78. The predicted octanol–water partition coefficient (Wildman–Crippen LogP) is 3.93. The molecule has 0 radical (unpaired) electrons. The second-order valence-electron chi connectivity index (χ2n) is 4.80. The number of methoxy groups -OCH3 is 1. The van der Waals surface area contributed by atoms with Gasteiger partial charge in [0.25, 0.3) is 0 Å². The fourth-order valence-corrected chi connectivity index (χ4v) is 2.95. The smallest absolute Gasteiger partial charge is 0.339 e. The van der Waals surface area contributed by atoms with Gasteiger partial charge in [-0.1, -0.05) is 30.3 Å². The summed E-state index contributed by atoms with van der Waals surface area (Å²) >= 11 is 1.50. The van der Waals surface area contributed by atoms with Gasteiger partial charge in [-0.25, -0.2) is 4.79 Å². The maximum Gasteiger partial charge on any atom is 0.339 e. The summed E-state index contributed by atoms with van der Waals surface area (Å²) in [5.41, 5.74) is 2.02. The molecule has 0 saturated heterocycles. The van der Waals surface area contributed by atoms with Crippen molar-refractivity contribution in [2.75, 3.05) is 19.0 Å². The van der Waals surface area contributed by atoms with Crippen molar-refractivity contribution in [2.45, 2.75) is 18.1 Å². The van der Waals surface area contributed by atoms with Crippen LogP contribution in [0.3, 0.4) is 0 Å². The summed E-state index contributed by atoms with van der Waals surface area (Å²) in [6.45, 7) is 2.18. The van der Waals surface area contributed by atoms with Crippen LogP contribution in [0.4, 0.5) is 5.69 Å². The Hall–Kier alpha value is -2.14. The van der Waals surface area contributed by atoms with Gasteiger partial charge in [0, 0.05) is 11.4 Å². The number of hydrogen-bond acceptors (Lipinski definition) is 5. The summed E-state index contributed by atoms with van der Waals surface area (Å²) < 4.78 is 10.3. The number of nitrogens with one attached hydrogen (secondary N) is 1. The highest BCUT2D eigenvalue weighted by Crippen LogP contribution is 2.22. The van der Waals surface area contributed by atoms with Gasteiger partial charge in [0.05, 0.1) is 13.7 Å². The molecule has 0 spiro atoms. The van der Waals surface area contributed by atoms with Crippen molar-refractivity contribution in [1.29, 1.82) is 0 Å². The minimum Gasteiger partial charge on any atom is -0.497 e. The standard InChI is InChI=1S/C18H21NO3S/c1-3-22-18(20)17(19-15-7-5-4-6-8-15)23-13-14-9-11-16(21-2)12-10-14/h4-12,17,19H,3,13H2,1-2H3. The Kier molecular flexibility index (Phi) is 6.81. The first-order valence-electron chi connectivity index (χ1n) is 7.45. The van der Waals surface area contributed by atoms with E-state index in [1.54, 1.807) is 7.11 Å². The summed E-state index contributed by atoms with van der Waals surface area (Å²) in [6, 6.07) is 17.5. The highest BCUT2D eigenvalue weighted by atomic mass is 32.2. The van der Waals surface area contributed by atoms with E-state index in [-0.39, 0.29) is 5.97 Å². The molecular weight excluding hydrogens is 310 g/mol. The number of rotatable bonds is 8. The molecule has 0 saturated carbocycles. The zero-order valence-corrected chi connectivity index (χ0v) is 14.1. The Bertz CT molecular complexity index is 601. The normalized spacial score (nSPS) is 11.6. The number of para-hydroxylation sites is 1. The summed E-state index contributed by atoms with van der Waals surface area (Å²) in [4.78, 5) is 12.1. The minimum atomic E-state index is -0.445. The quantitative estimate of drug-likeness (QED) is 0.587. The largest absolute Gasteiger partial charge is 0.497 e. The van der Waals surface area contributed by atoms with E-state index in [0.717, 1.165) is 17.0 Å². The van der Waals surface area contributed by atoms with Crippen molar-refractivity contribution in [3.8, 4) is 5.75 Å². The highest BCUT2D eigenvalue weighted by Gasteiger charge is 2.20. The third kappa shape index (κ3) is 5.53. The molecule has 0 aromatic heterocycles. The lowest BCUT2D eigenvalue weighted by atomic mass is 10.2. The second-order valence-corrected chi connectivity index (χ2v) is 5.89. The SMILES string of the molecule is CCOC(=O)C(Nc1ccccc1)SCc1ccc(OC)cc1. The molecule has 4 nitrogen and oxygen atoms in total. The van der Waals surface area contributed by atoms with Crippen LogP contribution < -0.4 is 10.1 Å². The van der Waals surface area contributed by atoms with Gasteiger partial charge in [0.15, 0.2) is 5.37 Å². The maximum atomic E-state index is 12.1. The van der Waals surface area contributed by atoms with E-state index in [2.05, 4.69) is 5.32 Å². The van der Waals surface area contributed by atoms with E-state index in [9.17, 15) is 4.79 Å². The molecule has 2 rings (SSSR count). The third-order valence-electron chi connectivity index (χ3n) is 3.15. The zero-order chi connectivity index (χ0) is 16.5. The first-order chi connectivity index (χ1) is 11.2. The van der Waals surface area contributed by atoms with Crippen molar-refractivity contribution >= 4 is 23.4 Å². The first kappa shape index (κ1) is 17.2. The molecule has 0 fully saturated rings. The van der Waals surface area contributed by atoms with Gasteiger partial charge in [0.1, 0.15) is 5.75 Å². The molecule has 23 heavy (non-hydrogen) atoms. The molecule has 1 N–H and O–H groups in total. The lowest BCUT2D eigenvalue weighted by Crippen LogP contribution is -2.28. The van der Waals surface area contributed by atoms with Crippen LogP contribution in [-0.4, -0.2) is 25.1 Å². The van der Waals surface area contributed by atoms with Gasteiger partial charge in [0.2, 0.25) is 0 Å². The number of thioether (sulfide) groups is 1. The molecule has 1 unspecified atom stereocenters. The van der Waals surface area contributed by atoms with Crippen LogP contribution in [0.2, 0.25) is 0 Å². The van der Waals surface area contributed by atoms with Crippen molar-refractivity contribution < 1.29 is 14.3 Å². The van der Waals surface area contributed by atoms with Crippen LogP contribution in [0.15, 0.2) is 54.6 Å². The third-order valence-corrected chi connectivity index (χ3v) is 4.29. The Morgan fingerprint density at radius 2 is 1.83 bits per heavy atom. The monoisotopic (exact) mass is 331 g/mol. The molecule has 2 aromatic carbocycles.